The smallest absolute Gasteiger partial charge is 0.380 e. The summed E-state index contributed by atoms with van der Waals surface area (Å²) in [5.41, 5.74) is 0.851. The maximum Gasteiger partial charge on any atom is 0.401 e. The number of benzene rings is 3. The molecule has 0 bridgehead atoms. The molecule has 8 rings (SSSR count). The highest BCUT2D eigenvalue weighted by atomic mass is 35.5. The Hall–Kier alpha value is -6.25. The number of imide groups is 2. The lowest BCUT2D eigenvalue weighted by molar-refractivity contribution is -0.182. The van der Waals surface area contributed by atoms with Crippen LogP contribution in [0.2, 0.25) is 5.02 Å². The highest BCUT2D eigenvalue weighted by Crippen LogP contribution is 2.48. The Morgan fingerprint density at radius 1 is 0.910 bits per heavy atom. The number of hydrogen-bond donors (Lipinski definition) is 4. The second kappa shape index (κ2) is 19.2. The molecule has 3 fully saturated rings. The van der Waals surface area contributed by atoms with E-state index in [1.165, 1.54) is 6.07 Å². The molecule has 1 saturated carbocycles. The molecule has 1 unspecified atom stereocenters. The lowest BCUT2D eigenvalue weighted by Crippen LogP contribution is -2.54. The van der Waals surface area contributed by atoms with Gasteiger partial charge in [-0.15, -0.1) is 0 Å². The molecule has 2 saturated heterocycles. The van der Waals surface area contributed by atoms with E-state index in [-0.39, 0.29) is 70.7 Å². The Labute approximate surface area is 387 Å². The molecule has 4 aromatic rings. The van der Waals surface area contributed by atoms with Crippen molar-refractivity contribution in [2.45, 2.75) is 69.6 Å². The monoisotopic (exact) mass is 949 g/mol. The van der Waals surface area contributed by atoms with Crippen molar-refractivity contribution in [3.05, 3.63) is 99.3 Å². The minimum atomic E-state index is -4.53. The van der Waals surface area contributed by atoms with Crippen LogP contribution in [0.25, 0.3) is 11.1 Å². The van der Waals surface area contributed by atoms with Gasteiger partial charge in [0, 0.05) is 58.2 Å². The molecule has 0 radical (unpaired) electrons. The minimum absolute atomic E-state index is 0.00167. The van der Waals surface area contributed by atoms with Crippen LogP contribution in [0.5, 0.6) is 0 Å². The van der Waals surface area contributed by atoms with Crippen molar-refractivity contribution in [3.8, 4) is 11.1 Å². The number of piperidine rings is 1. The first-order valence-corrected chi connectivity index (χ1v) is 22.3. The molecular formula is C46H48ClF4N9O7. The van der Waals surface area contributed by atoms with E-state index in [1.54, 1.807) is 18.2 Å². The van der Waals surface area contributed by atoms with Crippen LogP contribution < -0.4 is 20.9 Å². The van der Waals surface area contributed by atoms with Gasteiger partial charge in [-0.3, -0.25) is 49.0 Å². The summed E-state index contributed by atoms with van der Waals surface area (Å²) in [6, 6.07) is 14.2. The zero-order valence-corrected chi connectivity index (χ0v) is 37.4. The molecule has 67 heavy (non-hydrogen) atoms. The molecule has 3 atom stereocenters. The number of rotatable bonds is 16. The van der Waals surface area contributed by atoms with E-state index in [1.807, 2.05) is 29.2 Å². The number of nitrogens with one attached hydrogen (secondary N) is 4. The molecule has 354 valence electrons. The third kappa shape index (κ3) is 10.1. The van der Waals surface area contributed by atoms with Crippen molar-refractivity contribution in [1.29, 1.82) is 0 Å². The van der Waals surface area contributed by atoms with Crippen molar-refractivity contribution in [1.82, 2.24) is 40.9 Å². The lowest BCUT2D eigenvalue weighted by Gasteiger charge is -2.36. The minimum Gasteiger partial charge on any atom is -0.380 e. The van der Waals surface area contributed by atoms with E-state index in [0.29, 0.717) is 70.9 Å². The molecule has 4 aliphatic rings. The summed E-state index contributed by atoms with van der Waals surface area (Å²) in [5, 5.41) is 14.2. The van der Waals surface area contributed by atoms with Crippen LogP contribution >= 0.6 is 11.6 Å². The summed E-state index contributed by atoms with van der Waals surface area (Å²) in [7, 11) is 0. The number of ether oxygens (including phenoxy) is 1. The summed E-state index contributed by atoms with van der Waals surface area (Å²) in [6.07, 6.45) is -3.33. The number of carbonyl (C=O) groups is 6. The fraction of sp³-hybridized carbons (Fsp3) is 0.435. The van der Waals surface area contributed by atoms with Crippen molar-refractivity contribution in [3.63, 3.8) is 0 Å². The molecule has 4 N–H and O–H groups in total. The largest absolute Gasteiger partial charge is 0.401 e. The fourth-order valence-corrected chi connectivity index (χ4v) is 8.70. The number of hydrogen-bond acceptors (Lipinski definition) is 11. The second-order valence-corrected chi connectivity index (χ2v) is 18.0. The first-order chi connectivity index (χ1) is 31.9. The topological polar surface area (TPSA) is 199 Å². The highest BCUT2D eigenvalue weighted by molar-refractivity contribution is 6.34. The van der Waals surface area contributed by atoms with Gasteiger partial charge in [0.1, 0.15) is 23.1 Å². The third-order valence-corrected chi connectivity index (χ3v) is 13.1. The first kappa shape index (κ1) is 47.3. The Morgan fingerprint density at radius 2 is 1.61 bits per heavy atom. The number of amides is 6. The first-order valence-electron chi connectivity index (χ1n) is 22.0. The van der Waals surface area contributed by atoms with Crippen LogP contribution in [0, 0.1) is 11.7 Å². The maximum absolute atomic E-state index is 15.3. The number of anilines is 1. The van der Waals surface area contributed by atoms with Crippen LogP contribution in [0.3, 0.4) is 0 Å². The van der Waals surface area contributed by atoms with E-state index >= 15 is 4.39 Å². The van der Waals surface area contributed by atoms with Gasteiger partial charge in [-0.1, -0.05) is 41.9 Å². The van der Waals surface area contributed by atoms with Gasteiger partial charge in [-0.25, -0.2) is 9.37 Å². The molecule has 6 amide bonds. The van der Waals surface area contributed by atoms with Gasteiger partial charge in [0.05, 0.1) is 40.6 Å². The Kier molecular flexibility index (Phi) is 13.5. The van der Waals surface area contributed by atoms with E-state index in [2.05, 4.69) is 36.0 Å². The van der Waals surface area contributed by atoms with E-state index in [9.17, 15) is 41.9 Å². The summed E-state index contributed by atoms with van der Waals surface area (Å²) in [5.74, 6) is -4.38. The van der Waals surface area contributed by atoms with Gasteiger partial charge in [0.15, 0.2) is 5.82 Å². The third-order valence-electron chi connectivity index (χ3n) is 12.8. The number of carbonyl (C=O) groups excluding carboxylic acids is 6. The van der Waals surface area contributed by atoms with Gasteiger partial charge >= 0.3 is 6.18 Å². The Bertz CT molecular complexity index is 2600. The quantitative estimate of drug-likeness (QED) is 0.0679. The molecule has 21 heteroatoms. The average Bonchev–Trinajstić information content (AvgIpc) is 3.88. The summed E-state index contributed by atoms with van der Waals surface area (Å²) < 4.78 is 61.2. The Morgan fingerprint density at radius 3 is 2.30 bits per heavy atom. The zero-order valence-electron chi connectivity index (χ0n) is 36.6. The lowest BCUT2D eigenvalue weighted by atomic mass is 9.92. The van der Waals surface area contributed by atoms with Crippen LogP contribution in [0.15, 0.2) is 54.6 Å². The summed E-state index contributed by atoms with van der Waals surface area (Å²) in [6.45, 7) is 5.93. The maximum atomic E-state index is 15.3. The molecule has 3 aromatic carbocycles. The molecule has 3 aliphatic heterocycles. The van der Waals surface area contributed by atoms with E-state index in [0.717, 1.165) is 41.5 Å². The SMILES string of the molecule is CC(C)(c1n[nH]c(CNC(=O)[C@H]2C[C@@H]2c2ccc(-c3ccc(C(=O)NCCCOCCN4CCN(c5cc6c(cc5F)C(=O)N(C5CCC(=O)NC5=O)C6=O)CC4)c(Cl)c3)cc2)n1)C(F)(F)F. The van der Waals surface area contributed by atoms with Crippen molar-refractivity contribution < 1.29 is 51.1 Å². The van der Waals surface area contributed by atoms with E-state index < -0.39 is 52.9 Å². The molecule has 1 aliphatic carbocycles. The van der Waals surface area contributed by atoms with Crippen LogP contribution in [-0.4, -0.2) is 125 Å². The van der Waals surface area contributed by atoms with Gasteiger partial charge in [0.25, 0.3) is 17.7 Å². The average molecular weight is 950 g/mol. The molecule has 4 heterocycles. The number of halogens is 5. The number of aromatic nitrogens is 3. The van der Waals surface area contributed by atoms with Gasteiger partial charge < -0.3 is 20.3 Å². The van der Waals surface area contributed by atoms with Crippen LogP contribution in [0.4, 0.5) is 23.2 Å². The fourth-order valence-electron chi connectivity index (χ4n) is 8.44. The highest BCUT2D eigenvalue weighted by Gasteiger charge is 2.51. The van der Waals surface area contributed by atoms with Crippen molar-refractivity contribution in [2.24, 2.45) is 5.92 Å². The van der Waals surface area contributed by atoms with Crippen LogP contribution in [0.1, 0.15) is 93.7 Å². The van der Waals surface area contributed by atoms with Gasteiger partial charge in [0.2, 0.25) is 17.7 Å². The van der Waals surface area contributed by atoms with E-state index in [4.69, 9.17) is 16.3 Å². The predicted molar refractivity (Wildman–Crippen MR) is 235 cm³/mol. The second-order valence-electron chi connectivity index (χ2n) is 17.6. The number of H-pyrrole nitrogens is 1. The predicted octanol–water partition coefficient (Wildman–Crippen LogP) is 4.88. The number of aromatic amines is 1. The molecular weight excluding hydrogens is 902 g/mol. The normalized spacial score (nSPS) is 20.0. The zero-order chi connectivity index (χ0) is 47.8. The standard InChI is InChI=1S/C46H48ClF4N9O7/c1-45(2,46(49,50)51)44-54-37(56-57-44)24-53-40(63)30-21-29(30)26-6-4-25(5-7-26)27-8-9-28(33(47)20-27)39(62)52-12-3-18-67-19-17-58-13-15-59(16-14-58)36-23-32-31(22-34(36)48)42(65)60(43(32)66)35-10-11-38(61)55-41(35)64/h4-9,20,22-23,29-30,35H,3,10-19,21,24H2,1-2H3,(H,52,62)(H,53,63)(H,54,56,57)(H,55,61,64)/t29-,30+,35?/m1/s1. The van der Waals surface area contributed by atoms with Crippen molar-refractivity contribution >= 4 is 52.7 Å². The van der Waals surface area contributed by atoms with Crippen molar-refractivity contribution in [2.75, 3.05) is 57.4 Å². The number of piperazine rings is 1. The van der Waals surface area contributed by atoms with Gasteiger partial charge in [-0.05, 0) is 80.0 Å². The van der Waals surface area contributed by atoms with Gasteiger partial charge in [-0.2, -0.15) is 18.3 Å². The summed E-state index contributed by atoms with van der Waals surface area (Å²) in [4.78, 5) is 84.7. The number of nitrogens with zero attached hydrogens (tertiary/aromatic N) is 5. The Balaban J connectivity index is 0.716. The molecule has 1 aromatic heterocycles. The summed E-state index contributed by atoms with van der Waals surface area (Å²) >= 11 is 6.55. The molecule has 16 nitrogen and oxygen atoms in total. The number of alkyl halides is 3. The molecule has 0 spiro atoms. The number of fused-ring (bicyclic) bond motifs is 1. The van der Waals surface area contributed by atoms with Crippen LogP contribution in [-0.2, 0) is 31.1 Å².